The Kier molecular flexibility index (Phi) is 2.81. The smallest absolute Gasteiger partial charge is 0.255 e. The highest BCUT2D eigenvalue weighted by molar-refractivity contribution is 6.04. The Morgan fingerprint density at radius 1 is 1.17 bits per heavy atom. The Morgan fingerprint density at radius 3 is 2.89 bits per heavy atom. The first-order chi connectivity index (χ1) is 8.83. The number of hydrogen-bond acceptors (Lipinski definition) is 2. The normalized spacial score (nSPS) is 13.1. The van der Waals surface area contributed by atoms with Crippen molar-refractivity contribution in [2.45, 2.75) is 19.3 Å². The van der Waals surface area contributed by atoms with E-state index in [0.717, 1.165) is 24.1 Å². The molecule has 1 aliphatic rings. The van der Waals surface area contributed by atoms with Crippen molar-refractivity contribution in [1.29, 1.82) is 0 Å². The number of nitrogens with zero attached hydrogens (tertiary/aromatic N) is 1. The number of benzene rings is 1. The molecule has 0 saturated heterocycles. The summed E-state index contributed by atoms with van der Waals surface area (Å²) in [6.07, 6.45) is 6.75. The van der Waals surface area contributed by atoms with Gasteiger partial charge in [-0.1, -0.05) is 6.07 Å². The van der Waals surface area contributed by atoms with Crippen LogP contribution in [0.15, 0.2) is 42.7 Å². The van der Waals surface area contributed by atoms with Gasteiger partial charge in [-0.05, 0) is 54.7 Å². The first-order valence-electron chi connectivity index (χ1n) is 6.16. The van der Waals surface area contributed by atoms with Gasteiger partial charge in [0.1, 0.15) is 0 Å². The molecule has 1 heterocycles. The first kappa shape index (κ1) is 11.0. The van der Waals surface area contributed by atoms with E-state index in [1.165, 1.54) is 17.5 Å². The second kappa shape index (κ2) is 4.61. The second-order valence-corrected chi connectivity index (χ2v) is 4.53. The molecule has 0 bridgehead atoms. The number of carbonyl (C=O) groups is 1. The number of aromatic nitrogens is 1. The lowest BCUT2D eigenvalue weighted by molar-refractivity contribution is 0.102. The maximum atomic E-state index is 12.1. The molecule has 1 aliphatic carbocycles. The number of fused-ring (bicyclic) bond motifs is 1. The van der Waals surface area contributed by atoms with Gasteiger partial charge in [0.25, 0.3) is 5.91 Å². The fourth-order valence-corrected chi connectivity index (χ4v) is 2.35. The van der Waals surface area contributed by atoms with Crippen molar-refractivity contribution in [1.82, 2.24) is 4.98 Å². The average Bonchev–Trinajstić information content (AvgIpc) is 2.87. The second-order valence-electron chi connectivity index (χ2n) is 4.53. The minimum absolute atomic E-state index is 0.0716. The van der Waals surface area contributed by atoms with Crippen molar-refractivity contribution in [3.8, 4) is 0 Å². The monoisotopic (exact) mass is 238 g/mol. The lowest BCUT2D eigenvalue weighted by atomic mass is 10.1. The molecular formula is C15H14N2O. The zero-order chi connectivity index (χ0) is 12.4. The summed E-state index contributed by atoms with van der Waals surface area (Å²) in [5.41, 5.74) is 4.14. The quantitative estimate of drug-likeness (QED) is 0.874. The van der Waals surface area contributed by atoms with Gasteiger partial charge in [0.15, 0.2) is 0 Å². The average molecular weight is 238 g/mol. The van der Waals surface area contributed by atoms with Crippen molar-refractivity contribution in [2.24, 2.45) is 0 Å². The van der Waals surface area contributed by atoms with E-state index in [4.69, 9.17) is 0 Å². The van der Waals surface area contributed by atoms with Gasteiger partial charge in [0.2, 0.25) is 0 Å². The van der Waals surface area contributed by atoms with E-state index >= 15 is 0 Å². The fraction of sp³-hybridized carbons (Fsp3) is 0.200. The third-order valence-electron chi connectivity index (χ3n) is 3.28. The van der Waals surface area contributed by atoms with Crippen LogP contribution in [0.25, 0.3) is 0 Å². The molecule has 0 fully saturated rings. The molecule has 3 heteroatoms. The highest BCUT2D eigenvalue weighted by atomic mass is 16.1. The number of amides is 1. The summed E-state index contributed by atoms with van der Waals surface area (Å²) in [4.78, 5) is 16.0. The Labute approximate surface area is 106 Å². The van der Waals surface area contributed by atoms with E-state index < -0.39 is 0 Å². The van der Waals surface area contributed by atoms with Crippen LogP contribution in [0.2, 0.25) is 0 Å². The minimum atomic E-state index is -0.0716. The van der Waals surface area contributed by atoms with Gasteiger partial charge >= 0.3 is 0 Å². The molecule has 1 N–H and O–H groups in total. The van der Waals surface area contributed by atoms with E-state index in [0.29, 0.717) is 0 Å². The number of rotatable bonds is 2. The number of nitrogens with one attached hydrogen (secondary N) is 1. The molecular weight excluding hydrogens is 224 g/mol. The number of aryl methyl sites for hydroxylation is 2. The maximum absolute atomic E-state index is 12.1. The lowest BCUT2D eigenvalue weighted by Gasteiger charge is -2.06. The van der Waals surface area contributed by atoms with Crippen LogP contribution in [0, 0.1) is 0 Å². The summed E-state index contributed by atoms with van der Waals surface area (Å²) in [6.45, 7) is 0. The third-order valence-corrected chi connectivity index (χ3v) is 3.28. The highest BCUT2D eigenvalue weighted by Gasteiger charge is 2.13. The van der Waals surface area contributed by atoms with Gasteiger partial charge in [-0.3, -0.25) is 9.78 Å². The Hall–Kier alpha value is -2.16. The molecule has 0 radical (unpaired) electrons. The van der Waals surface area contributed by atoms with Crippen LogP contribution in [0.3, 0.4) is 0 Å². The van der Waals surface area contributed by atoms with E-state index in [1.807, 2.05) is 18.2 Å². The SMILES string of the molecule is O=C(Nc1cccnc1)c1ccc2c(c1)CCC2. The lowest BCUT2D eigenvalue weighted by Crippen LogP contribution is -2.12. The van der Waals surface area contributed by atoms with Gasteiger partial charge in [-0.25, -0.2) is 0 Å². The summed E-state index contributed by atoms with van der Waals surface area (Å²) in [7, 11) is 0. The van der Waals surface area contributed by atoms with Crippen LogP contribution in [0.5, 0.6) is 0 Å². The highest BCUT2D eigenvalue weighted by Crippen LogP contribution is 2.23. The van der Waals surface area contributed by atoms with Crippen LogP contribution in [-0.2, 0) is 12.8 Å². The molecule has 0 unspecified atom stereocenters. The van der Waals surface area contributed by atoms with Gasteiger partial charge in [-0.2, -0.15) is 0 Å². The fourth-order valence-electron chi connectivity index (χ4n) is 2.35. The molecule has 0 atom stereocenters. The summed E-state index contributed by atoms with van der Waals surface area (Å²) >= 11 is 0. The van der Waals surface area contributed by atoms with Crippen molar-refractivity contribution in [3.63, 3.8) is 0 Å². The Morgan fingerprint density at radius 2 is 2.06 bits per heavy atom. The summed E-state index contributed by atoms with van der Waals surface area (Å²) in [5.74, 6) is -0.0716. The summed E-state index contributed by atoms with van der Waals surface area (Å²) in [5, 5.41) is 2.85. The van der Waals surface area contributed by atoms with Crippen LogP contribution in [0.4, 0.5) is 5.69 Å². The van der Waals surface area contributed by atoms with Crippen molar-refractivity contribution in [3.05, 3.63) is 59.4 Å². The number of hydrogen-bond donors (Lipinski definition) is 1. The summed E-state index contributed by atoms with van der Waals surface area (Å²) in [6, 6.07) is 9.61. The standard InChI is InChI=1S/C15H14N2O/c18-15(17-14-5-2-8-16-10-14)13-7-6-11-3-1-4-12(11)9-13/h2,5-10H,1,3-4H2,(H,17,18). The van der Waals surface area contributed by atoms with Gasteiger partial charge < -0.3 is 5.32 Å². The topological polar surface area (TPSA) is 42.0 Å². The van der Waals surface area contributed by atoms with E-state index in [2.05, 4.69) is 16.4 Å². The summed E-state index contributed by atoms with van der Waals surface area (Å²) < 4.78 is 0. The largest absolute Gasteiger partial charge is 0.321 e. The van der Waals surface area contributed by atoms with Crippen LogP contribution in [-0.4, -0.2) is 10.9 Å². The predicted molar refractivity (Wildman–Crippen MR) is 70.7 cm³/mol. The van der Waals surface area contributed by atoms with E-state index in [1.54, 1.807) is 18.5 Å². The molecule has 3 rings (SSSR count). The van der Waals surface area contributed by atoms with Crippen molar-refractivity contribution in [2.75, 3.05) is 5.32 Å². The molecule has 18 heavy (non-hydrogen) atoms. The van der Waals surface area contributed by atoms with Crippen molar-refractivity contribution < 1.29 is 4.79 Å². The minimum Gasteiger partial charge on any atom is -0.321 e. The van der Waals surface area contributed by atoms with E-state index in [-0.39, 0.29) is 5.91 Å². The molecule has 3 nitrogen and oxygen atoms in total. The zero-order valence-electron chi connectivity index (χ0n) is 10.0. The van der Waals surface area contributed by atoms with Gasteiger partial charge in [-0.15, -0.1) is 0 Å². The molecule has 1 aromatic carbocycles. The molecule has 0 aliphatic heterocycles. The predicted octanol–water partition coefficient (Wildman–Crippen LogP) is 2.82. The van der Waals surface area contributed by atoms with Gasteiger partial charge in [0, 0.05) is 11.8 Å². The van der Waals surface area contributed by atoms with Crippen LogP contribution < -0.4 is 5.32 Å². The number of pyridine rings is 1. The molecule has 1 amide bonds. The third kappa shape index (κ3) is 2.12. The molecule has 0 spiro atoms. The number of carbonyl (C=O) groups excluding carboxylic acids is 1. The molecule has 2 aromatic rings. The number of anilines is 1. The van der Waals surface area contributed by atoms with Gasteiger partial charge in [0.05, 0.1) is 11.9 Å². The molecule has 1 aromatic heterocycles. The van der Waals surface area contributed by atoms with Crippen molar-refractivity contribution >= 4 is 11.6 Å². The van der Waals surface area contributed by atoms with Crippen LogP contribution >= 0.6 is 0 Å². The van der Waals surface area contributed by atoms with E-state index in [9.17, 15) is 4.79 Å². The Balaban J connectivity index is 1.81. The maximum Gasteiger partial charge on any atom is 0.255 e. The Bertz CT molecular complexity index is 578. The first-order valence-corrected chi connectivity index (χ1v) is 6.16. The molecule has 0 saturated carbocycles. The zero-order valence-corrected chi connectivity index (χ0v) is 10.0. The molecule has 90 valence electrons. The van der Waals surface area contributed by atoms with Crippen LogP contribution in [0.1, 0.15) is 27.9 Å².